The van der Waals surface area contributed by atoms with E-state index in [0.717, 1.165) is 5.56 Å². The first-order valence-electron chi connectivity index (χ1n) is 11.3. The van der Waals surface area contributed by atoms with Gasteiger partial charge in [0, 0.05) is 23.7 Å². The molecule has 34 heavy (non-hydrogen) atoms. The molecule has 9 heteroatoms. The maximum absolute atomic E-state index is 13.4. The van der Waals surface area contributed by atoms with Crippen molar-refractivity contribution in [2.24, 2.45) is 0 Å². The lowest BCUT2D eigenvalue weighted by molar-refractivity contribution is -0.142. The van der Waals surface area contributed by atoms with Gasteiger partial charge in [-0.3, -0.25) is 9.59 Å². The Hall–Kier alpha value is -3.01. The Morgan fingerprint density at radius 2 is 2.00 bits per heavy atom. The predicted octanol–water partition coefficient (Wildman–Crippen LogP) is 2.03. The van der Waals surface area contributed by atoms with Crippen LogP contribution in [0.1, 0.15) is 29.9 Å². The zero-order chi connectivity index (χ0) is 24.2. The fraction of sp³-hybridized carbons (Fsp3) is 0.440. The number of anilines is 1. The molecule has 0 bridgehead atoms. The summed E-state index contributed by atoms with van der Waals surface area (Å²) in [5.74, 6) is -0.0652. The topological polar surface area (TPSA) is 100 Å². The Labute approximate surface area is 198 Å². The van der Waals surface area contributed by atoms with E-state index in [1.54, 1.807) is 23.1 Å². The highest BCUT2D eigenvalue weighted by molar-refractivity contribution is 5.92. The fourth-order valence-corrected chi connectivity index (χ4v) is 4.58. The van der Waals surface area contributed by atoms with Gasteiger partial charge < -0.3 is 30.1 Å². The summed E-state index contributed by atoms with van der Waals surface area (Å²) in [4.78, 5) is 26.5. The van der Waals surface area contributed by atoms with Crippen molar-refractivity contribution in [2.75, 3.05) is 32.6 Å². The normalized spacial score (nSPS) is 23.1. The lowest BCUT2D eigenvalue weighted by Crippen LogP contribution is -2.47. The summed E-state index contributed by atoms with van der Waals surface area (Å²) in [5.41, 5.74) is 2.28. The van der Waals surface area contributed by atoms with E-state index < -0.39 is 12.2 Å². The molecule has 2 aliphatic rings. The van der Waals surface area contributed by atoms with Crippen molar-refractivity contribution in [3.05, 3.63) is 59.4 Å². The maximum atomic E-state index is 13.4. The van der Waals surface area contributed by atoms with Gasteiger partial charge in [0.2, 0.25) is 11.8 Å². The van der Waals surface area contributed by atoms with Gasteiger partial charge in [0.05, 0.1) is 25.7 Å². The zero-order valence-electron chi connectivity index (χ0n) is 19.3. The number of ether oxygens (including phenoxy) is 2. The van der Waals surface area contributed by atoms with E-state index in [9.17, 15) is 19.1 Å². The Morgan fingerprint density at radius 3 is 2.74 bits per heavy atom. The van der Waals surface area contributed by atoms with Crippen molar-refractivity contribution in [1.29, 1.82) is 0 Å². The molecule has 2 aromatic rings. The van der Waals surface area contributed by atoms with Crippen LogP contribution < -0.4 is 15.4 Å². The second kappa shape index (κ2) is 10.5. The molecule has 4 rings (SSSR count). The quantitative estimate of drug-likeness (QED) is 0.545. The number of carbonyl (C=O) groups is 2. The molecule has 0 aromatic heterocycles. The lowest BCUT2D eigenvalue weighted by Gasteiger charge is -2.37. The molecule has 8 nitrogen and oxygen atoms in total. The summed E-state index contributed by atoms with van der Waals surface area (Å²) < 4.78 is 25.4. The number of likely N-dealkylation sites (N-methyl/N-ethyl adjacent to an activating group) is 1. The molecule has 0 aliphatic carbocycles. The first-order valence-corrected chi connectivity index (χ1v) is 11.3. The second-order valence-electron chi connectivity index (χ2n) is 9.05. The number of aliphatic hydroxyl groups is 1. The summed E-state index contributed by atoms with van der Waals surface area (Å²) in [6.45, 7) is 0.261. The largest absolute Gasteiger partial charge is 0.487 e. The standard InChI is InChI=1S/C25H30FN3O5/c1-29(2)13-24(32)28-17-6-7-21-19(9-17)20-10-18(33-22(14-30)25(20)34-21)11-23(31)27-12-15-4-3-5-16(26)8-15/h3-9,18,20,22,25,30H,10-14H2,1-2H3,(H,27,31)(H,28,32)/t18-,20-,22-,25+/m0/s1. The average molecular weight is 472 g/mol. The van der Waals surface area contributed by atoms with Crippen molar-refractivity contribution >= 4 is 17.5 Å². The predicted molar refractivity (Wildman–Crippen MR) is 124 cm³/mol. The smallest absolute Gasteiger partial charge is 0.238 e. The first-order chi connectivity index (χ1) is 16.3. The Morgan fingerprint density at radius 1 is 1.18 bits per heavy atom. The number of fused-ring (bicyclic) bond motifs is 3. The van der Waals surface area contributed by atoms with Gasteiger partial charge in [0.25, 0.3) is 0 Å². The van der Waals surface area contributed by atoms with Gasteiger partial charge >= 0.3 is 0 Å². The molecule has 182 valence electrons. The van der Waals surface area contributed by atoms with E-state index in [1.807, 2.05) is 26.2 Å². The van der Waals surface area contributed by atoms with E-state index in [1.165, 1.54) is 12.1 Å². The van der Waals surface area contributed by atoms with Crippen LogP contribution in [0, 0.1) is 5.82 Å². The molecule has 3 N–H and O–H groups in total. The molecule has 2 heterocycles. The number of halogens is 1. The highest BCUT2D eigenvalue weighted by Crippen LogP contribution is 2.47. The number of hydrogen-bond acceptors (Lipinski definition) is 6. The summed E-state index contributed by atoms with van der Waals surface area (Å²) in [6.07, 6.45) is -0.689. The van der Waals surface area contributed by atoms with Crippen LogP contribution in [0.25, 0.3) is 0 Å². The van der Waals surface area contributed by atoms with E-state index in [-0.39, 0.29) is 55.8 Å². The Bertz CT molecular complexity index is 1050. The van der Waals surface area contributed by atoms with E-state index >= 15 is 0 Å². The number of aliphatic hydroxyl groups excluding tert-OH is 1. The molecule has 1 fully saturated rings. The van der Waals surface area contributed by atoms with Gasteiger partial charge in [-0.15, -0.1) is 0 Å². The van der Waals surface area contributed by atoms with Crippen molar-refractivity contribution in [3.8, 4) is 5.75 Å². The molecule has 4 atom stereocenters. The monoisotopic (exact) mass is 471 g/mol. The summed E-state index contributed by atoms with van der Waals surface area (Å²) >= 11 is 0. The number of benzene rings is 2. The molecule has 0 unspecified atom stereocenters. The average Bonchev–Trinajstić information content (AvgIpc) is 3.14. The molecular formula is C25H30FN3O5. The number of nitrogens with one attached hydrogen (secondary N) is 2. The van der Waals surface area contributed by atoms with Crippen LogP contribution in [0.5, 0.6) is 5.75 Å². The Balaban J connectivity index is 1.41. The third-order valence-electron chi connectivity index (χ3n) is 6.03. The van der Waals surface area contributed by atoms with Crippen LogP contribution in [0.3, 0.4) is 0 Å². The second-order valence-corrected chi connectivity index (χ2v) is 9.05. The zero-order valence-corrected chi connectivity index (χ0v) is 19.3. The molecule has 2 aromatic carbocycles. The minimum atomic E-state index is -0.570. The summed E-state index contributed by atoms with van der Waals surface area (Å²) in [6, 6.07) is 11.6. The van der Waals surface area contributed by atoms with Gasteiger partial charge in [0.15, 0.2) is 0 Å². The van der Waals surface area contributed by atoms with Crippen LogP contribution in [0.4, 0.5) is 10.1 Å². The molecule has 0 radical (unpaired) electrons. The summed E-state index contributed by atoms with van der Waals surface area (Å²) in [7, 11) is 3.65. The van der Waals surface area contributed by atoms with Gasteiger partial charge in [-0.05, 0) is 56.4 Å². The Kier molecular flexibility index (Phi) is 7.45. The minimum absolute atomic E-state index is 0.0763. The van der Waals surface area contributed by atoms with Crippen LogP contribution in [-0.4, -0.2) is 67.4 Å². The molecule has 0 spiro atoms. The van der Waals surface area contributed by atoms with Gasteiger partial charge in [-0.1, -0.05) is 12.1 Å². The van der Waals surface area contributed by atoms with E-state index in [0.29, 0.717) is 23.4 Å². The lowest BCUT2D eigenvalue weighted by atomic mass is 9.84. The first kappa shape index (κ1) is 24.1. The number of amides is 2. The minimum Gasteiger partial charge on any atom is -0.487 e. The van der Waals surface area contributed by atoms with Crippen molar-refractivity contribution in [3.63, 3.8) is 0 Å². The number of rotatable bonds is 8. The molecule has 2 aliphatic heterocycles. The van der Waals surface area contributed by atoms with Gasteiger partial charge in [-0.2, -0.15) is 0 Å². The number of nitrogens with zero attached hydrogens (tertiary/aromatic N) is 1. The number of carbonyl (C=O) groups excluding carboxylic acids is 2. The van der Waals surface area contributed by atoms with Crippen LogP contribution in [0.2, 0.25) is 0 Å². The maximum Gasteiger partial charge on any atom is 0.238 e. The molecule has 2 amide bonds. The van der Waals surface area contributed by atoms with Gasteiger partial charge in [-0.25, -0.2) is 4.39 Å². The summed E-state index contributed by atoms with van der Waals surface area (Å²) in [5, 5.41) is 15.6. The molecular weight excluding hydrogens is 441 g/mol. The molecule has 0 saturated carbocycles. The van der Waals surface area contributed by atoms with Crippen LogP contribution >= 0.6 is 0 Å². The van der Waals surface area contributed by atoms with Crippen molar-refractivity contribution in [2.45, 2.75) is 43.6 Å². The van der Waals surface area contributed by atoms with Gasteiger partial charge in [0.1, 0.15) is 23.8 Å². The third-order valence-corrected chi connectivity index (χ3v) is 6.03. The van der Waals surface area contributed by atoms with Crippen molar-refractivity contribution < 1.29 is 28.6 Å². The van der Waals surface area contributed by atoms with E-state index in [2.05, 4.69) is 10.6 Å². The highest BCUT2D eigenvalue weighted by atomic mass is 19.1. The molecule has 1 saturated heterocycles. The fourth-order valence-electron chi connectivity index (χ4n) is 4.58. The number of hydrogen-bond donors (Lipinski definition) is 3. The van der Waals surface area contributed by atoms with Crippen LogP contribution in [0.15, 0.2) is 42.5 Å². The highest BCUT2D eigenvalue weighted by Gasteiger charge is 2.46. The van der Waals surface area contributed by atoms with Crippen LogP contribution in [-0.2, 0) is 20.9 Å². The van der Waals surface area contributed by atoms with E-state index in [4.69, 9.17) is 9.47 Å². The van der Waals surface area contributed by atoms with Crippen molar-refractivity contribution in [1.82, 2.24) is 10.2 Å². The SMILES string of the molecule is CN(C)CC(=O)Nc1ccc2c(c1)[C@@H]1C[C@@H](CC(=O)NCc3cccc(F)c3)O[C@@H](CO)[C@@H]1O2. The third kappa shape index (κ3) is 5.72.